The first-order valence-corrected chi connectivity index (χ1v) is 6.79. The molecule has 0 unspecified atom stereocenters. The monoisotopic (exact) mass is 307 g/mol. The Balaban J connectivity index is 2.35. The van der Waals surface area contributed by atoms with Gasteiger partial charge in [-0.15, -0.1) is 0 Å². The zero-order chi connectivity index (χ0) is 15.4. The summed E-state index contributed by atoms with van der Waals surface area (Å²) in [6.07, 6.45) is 0. The van der Waals surface area contributed by atoms with Gasteiger partial charge in [0.25, 0.3) is 5.91 Å². The average molecular weight is 308 g/mol. The Morgan fingerprint density at radius 1 is 1.29 bits per heavy atom. The molecule has 0 saturated heterocycles. The number of nitrogens with two attached hydrogens (primary N) is 1. The highest BCUT2D eigenvalue weighted by Crippen LogP contribution is 2.26. The molecule has 6 heteroatoms. The van der Waals surface area contributed by atoms with E-state index in [-0.39, 0.29) is 10.9 Å². The summed E-state index contributed by atoms with van der Waals surface area (Å²) in [5, 5.41) is 5.75. The Labute approximate surface area is 127 Å². The lowest BCUT2D eigenvalue weighted by molar-refractivity contribution is 0.0956. The van der Waals surface area contributed by atoms with Gasteiger partial charge in [0.2, 0.25) is 0 Å². The lowest BCUT2D eigenvalue weighted by Crippen LogP contribution is -2.23. The van der Waals surface area contributed by atoms with E-state index in [1.54, 1.807) is 18.2 Å². The second-order valence-corrected chi connectivity index (χ2v) is 4.83. The van der Waals surface area contributed by atoms with E-state index >= 15 is 0 Å². The third kappa shape index (κ3) is 3.64. The molecule has 0 atom stereocenters. The van der Waals surface area contributed by atoms with Gasteiger partial charge in [0.05, 0.1) is 16.3 Å². The van der Waals surface area contributed by atoms with Gasteiger partial charge in [0, 0.05) is 17.9 Å². The van der Waals surface area contributed by atoms with Crippen LogP contribution in [0.1, 0.15) is 17.3 Å². The first-order chi connectivity index (χ1) is 10.0. The van der Waals surface area contributed by atoms with Crippen LogP contribution >= 0.6 is 11.6 Å². The van der Waals surface area contributed by atoms with Crippen LogP contribution in [-0.2, 0) is 0 Å². The number of carbonyl (C=O) groups is 1. The molecule has 0 radical (unpaired) electrons. The van der Waals surface area contributed by atoms with E-state index in [9.17, 15) is 9.18 Å². The molecular formula is C15H15ClFN3O. The third-order valence-corrected chi connectivity index (χ3v) is 3.11. The Morgan fingerprint density at radius 3 is 2.71 bits per heavy atom. The van der Waals surface area contributed by atoms with Crippen LogP contribution in [0.2, 0.25) is 5.02 Å². The Kier molecular flexibility index (Phi) is 4.65. The van der Waals surface area contributed by atoms with Crippen LogP contribution in [0.3, 0.4) is 0 Å². The second-order valence-electron chi connectivity index (χ2n) is 4.42. The van der Waals surface area contributed by atoms with Crippen LogP contribution in [0, 0.1) is 5.82 Å². The maximum Gasteiger partial charge on any atom is 0.253 e. The number of nitrogens with one attached hydrogen (secondary N) is 2. The molecule has 1 amide bonds. The molecule has 0 aromatic heterocycles. The van der Waals surface area contributed by atoms with Gasteiger partial charge < -0.3 is 16.4 Å². The maximum atomic E-state index is 13.2. The van der Waals surface area contributed by atoms with E-state index in [4.69, 9.17) is 17.3 Å². The standard InChI is InChI=1S/C15H15ClFN3O/c1-2-19-15(21)11-5-3-9(18)7-14(11)20-10-4-6-13(17)12(16)8-10/h3-8,20H,2,18H2,1H3,(H,19,21). The summed E-state index contributed by atoms with van der Waals surface area (Å²) in [5.74, 6) is -0.716. The number of rotatable bonds is 4. The highest BCUT2D eigenvalue weighted by molar-refractivity contribution is 6.31. The number of nitrogen functional groups attached to an aromatic ring is 1. The zero-order valence-electron chi connectivity index (χ0n) is 11.4. The summed E-state index contributed by atoms with van der Waals surface area (Å²) in [6, 6.07) is 9.15. The van der Waals surface area contributed by atoms with Crippen molar-refractivity contribution in [1.82, 2.24) is 5.32 Å². The Morgan fingerprint density at radius 2 is 2.05 bits per heavy atom. The van der Waals surface area contributed by atoms with Gasteiger partial charge >= 0.3 is 0 Å². The van der Waals surface area contributed by atoms with E-state index in [1.165, 1.54) is 18.2 Å². The lowest BCUT2D eigenvalue weighted by atomic mass is 10.1. The number of hydrogen-bond acceptors (Lipinski definition) is 3. The number of benzene rings is 2. The van der Waals surface area contributed by atoms with Crippen LogP contribution in [0.5, 0.6) is 0 Å². The van der Waals surface area contributed by atoms with Gasteiger partial charge in [-0.3, -0.25) is 4.79 Å². The van der Waals surface area contributed by atoms with Gasteiger partial charge in [0.15, 0.2) is 0 Å². The maximum absolute atomic E-state index is 13.2. The number of anilines is 3. The minimum absolute atomic E-state index is 0.00321. The molecule has 0 bridgehead atoms. The van der Waals surface area contributed by atoms with Gasteiger partial charge in [-0.2, -0.15) is 0 Å². The van der Waals surface area contributed by atoms with E-state index in [0.29, 0.717) is 29.2 Å². The summed E-state index contributed by atoms with van der Waals surface area (Å²) >= 11 is 5.74. The fourth-order valence-corrected chi connectivity index (χ4v) is 2.03. The molecule has 21 heavy (non-hydrogen) atoms. The predicted octanol–water partition coefficient (Wildman–Crippen LogP) is 3.55. The molecule has 0 heterocycles. The molecule has 110 valence electrons. The molecule has 2 aromatic carbocycles. The van der Waals surface area contributed by atoms with Gasteiger partial charge in [-0.1, -0.05) is 11.6 Å². The minimum atomic E-state index is -0.501. The van der Waals surface area contributed by atoms with Gasteiger partial charge in [0.1, 0.15) is 5.82 Å². The molecular weight excluding hydrogens is 293 g/mol. The van der Waals surface area contributed by atoms with Crippen molar-refractivity contribution in [2.75, 3.05) is 17.6 Å². The van der Waals surface area contributed by atoms with Crippen LogP contribution < -0.4 is 16.4 Å². The summed E-state index contributed by atoms with van der Waals surface area (Å²) in [7, 11) is 0. The minimum Gasteiger partial charge on any atom is -0.399 e. The zero-order valence-corrected chi connectivity index (χ0v) is 12.2. The second kappa shape index (κ2) is 6.45. The summed E-state index contributed by atoms with van der Waals surface area (Å²) in [4.78, 5) is 12.0. The smallest absolute Gasteiger partial charge is 0.253 e. The van der Waals surface area contributed by atoms with Crippen molar-refractivity contribution >= 4 is 34.6 Å². The fourth-order valence-electron chi connectivity index (χ4n) is 1.85. The third-order valence-electron chi connectivity index (χ3n) is 2.82. The topological polar surface area (TPSA) is 67.2 Å². The number of amides is 1. The summed E-state index contributed by atoms with van der Waals surface area (Å²) < 4.78 is 13.2. The van der Waals surface area contributed by atoms with Gasteiger partial charge in [-0.25, -0.2) is 4.39 Å². The van der Waals surface area contributed by atoms with Crippen molar-refractivity contribution in [3.05, 3.63) is 52.8 Å². The Bertz CT molecular complexity index is 676. The molecule has 0 spiro atoms. The molecule has 4 nitrogen and oxygen atoms in total. The van der Waals surface area contributed by atoms with E-state index in [2.05, 4.69) is 10.6 Å². The normalized spacial score (nSPS) is 10.2. The lowest BCUT2D eigenvalue weighted by Gasteiger charge is -2.13. The highest BCUT2D eigenvalue weighted by Gasteiger charge is 2.12. The van der Waals surface area contributed by atoms with Crippen LogP contribution in [0.4, 0.5) is 21.5 Å². The molecule has 0 aliphatic rings. The van der Waals surface area contributed by atoms with Crippen LogP contribution in [0.15, 0.2) is 36.4 Å². The predicted molar refractivity (Wildman–Crippen MR) is 83.6 cm³/mol. The fraction of sp³-hybridized carbons (Fsp3) is 0.133. The summed E-state index contributed by atoms with van der Waals surface area (Å²) in [5.41, 5.74) is 7.81. The van der Waals surface area contributed by atoms with Crippen molar-refractivity contribution in [2.24, 2.45) is 0 Å². The number of carbonyl (C=O) groups excluding carboxylic acids is 1. The molecule has 4 N–H and O–H groups in total. The van der Waals surface area contributed by atoms with Crippen LogP contribution in [-0.4, -0.2) is 12.5 Å². The number of halogens is 2. The highest BCUT2D eigenvalue weighted by atomic mass is 35.5. The van der Waals surface area contributed by atoms with Crippen LogP contribution in [0.25, 0.3) is 0 Å². The first-order valence-electron chi connectivity index (χ1n) is 6.41. The van der Waals surface area contributed by atoms with Crippen molar-refractivity contribution in [3.8, 4) is 0 Å². The number of hydrogen-bond donors (Lipinski definition) is 3. The SMILES string of the molecule is CCNC(=O)c1ccc(N)cc1Nc1ccc(F)c(Cl)c1. The van der Waals surface area contributed by atoms with E-state index < -0.39 is 5.82 Å². The molecule has 0 saturated carbocycles. The molecule has 2 aromatic rings. The first kappa shape index (κ1) is 15.1. The van der Waals surface area contributed by atoms with Crippen molar-refractivity contribution in [2.45, 2.75) is 6.92 Å². The van der Waals surface area contributed by atoms with Crippen molar-refractivity contribution < 1.29 is 9.18 Å². The largest absolute Gasteiger partial charge is 0.399 e. The van der Waals surface area contributed by atoms with Crippen molar-refractivity contribution in [1.29, 1.82) is 0 Å². The van der Waals surface area contributed by atoms with Crippen molar-refractivity contribution in [3.63, 3.8) is 0 Å². The van der Waals surface area contributed by atoms with Gasteiger partial charge in [-0.05, 0) is 43.3 Å². The molecule has 0 fully saturated rings. The average Bonchev–Trinajstić information content (AvgIpc) is 2.43. The molecule has 2 rings (SSSR count). The quantitative estimate of drug-likeness (QED) is 0.757. The Hall–Kier alpha value is -2.27. The van der Waals surface area contributed by atoms with E-state index in [1.807, 2.05) is 6.92 Å². The van der Waals surface area contributed by atoms with E-state index in [0.717, 1.165) is 0 Å². The molecule has 0 aliphatic carbocycles. The molecule has 0 aliphatic heterocycles. The summed E-state index contributed by atoms with van der Waals surface area (Å²) in [6.45, 7) is 2.35.